The summed E-state index contributed by atoms with van der Waals surface area (Å²) >= 11 is 0. The standard InChI is InChI=1S/C10H19N3O3S/c11-9-1-5-12(6-2-9)17(15,16)13-7-3-10(14)4-8-13/h9H,1-8,11H2. The summed E-state index contributed by atoms with van der Waals surface area (Å²) in [5.74, 6) is 0.150. The van der Waals surface area contributed by atoms with E-state index in [2.05, 4.69) is 0 Å². The molecule has 0 amide bonds. The lowest BCUT2D eigenvalue weighted by atomic mass is 10.1. The van der Waals surface area contributed by atoms with Crippen molar-refractivity contribution in [1.29, 1.82) is 0 Å². The van der Waals surface area contributed by atoms with Gasteiger partial charge in [-0.1, -0.05) is 0 Å². The number of hydrogen-bond acceptors (Lipinski definition) is 4. The Balaban J connectivity index is 2.01. The SMILES string of the molecule is NC1CCN(S(=O)(=O)N2CCC(=O)CC2)CC1. The van der Waals surface area contributed by atoms with Gasteiger partial charge in [-0.15, -0.1) is 0 Å². The van der Waals surface area contributed by atoms with Gasteiger partial charge in [-0.2, -0.15) is 17.0 Å². The van der Waals surface area contributed by atoms with Gasteiger partial charge < -0.3 is 5.73 Å². The van der Waals surface area contributed by atoms with Crippen molar-refractivity contribution in [3.63, 3.8) is 0 Å². The summed E-state index contributed by atoms with van der Waals surface area (Å²) in [7, 11) is -3.37. The first-order valence-corrected chi connectivity index (χ1v) is 7.42. The number of ketones is 1. The van der Waals surface area contributed by atoms with E-state index in [0.29, 0.717) is 51.9 Å². The Hall–Kier alpha value is -0.500. The average molecular weight is 261 g/mol. The maximum Gasteiger partial charge on any atom is 0.281 e. The Morgan fingerprint density at radius 1 is 1.00 bits per heavy atom. The molecule has 0 bridgehead atoms. The monoisotopic (exact) mass is 261 g/mol. The molecule has 6 nitrogen and oxygen atoms in total. The van der Waals surface area contributed by atoms with Gasteiger partial charge in [0.2, 0.25) is 0 Å². The third-order valence-electron chi connectivity index (χ3n) is 3.43. The highest BCUT2D eigenvalue weighted by atomic mass is 32.2. The van der Waals surface area contributed by atoms with E-state index >= 15 is 0 Å². The van der Waals surface area contributed by atoms with Crippen molar-refractivity contribution in [1.82, 2.24) is 8.61 Å². The lowest BCUT2D eigenvalue weighted by Crippen LogP contribution is -2.51. The van der Waals surface area contributed by atoms with Crippen molar-refractivity contribution in [2.45, 2.75) is 31.7 Å². The van der Waals surface area contributed by atoms with E-state index in [1.807, 2.05) is 0 Å². The second-order valence-corrected chi connectivity index (χ2v) is 6.61. The van der Waals surface area contributed by atoms with E-state index in [4.69, 9.17) is 5.73 Å². The third kappa shape index (κ3) is 2.85. The minimum Gasteiger partial charge on any atom is -0.328 e. The van der Waals surface area contributed by atoms with Crippen LogP contribution in [0.1, 0.15) is 25.7 Å². The number of rotatable bonds is 2. The zero-order valence-electron chi connectivity index (χ0n) is 9.84. The fourth-order valence-electron chi connectivity index (χ4n) is 2.24. The van der Waals surface area contributed by atoms with Crippen LogP contribution in [0.3, 0.4) is 0 Å². The number of nitrogens with two attached hydrogens (primary N) is 1. The van der Waals surface area contributed by atoms with Crippen LogP contribution in [0.15, 0.2) is 0 Å². The first-order valence-electron chi connectivity index (χ1n) is 6.02. The number of carbonyl (C=O) groups is 1. The summed E-state index contributed by atoms with van der Waals surface area (Å²) in [6.45, 7) is 1.63. The lowest BCUT2D eigenvalue weighted by Gasteiger charge is -2.35. The molecule has 0 saturated carbocycles. The van der Waals surface area contributed by atoms with Crippen molar-refractivity contribution >= 4 is 16.0 Å². The highest BCUT2D eigenvalue weighted by Gasteiger charge is 2.33. The van der Waals surface area contributed by atoms with Crippen LogP contribution in [0.5, 0.6) is 0 Å². The molecule has 0 atom stereocenters. The van der Waals surface area contributed by atoms with Crippen molar-refractivity contribution in [3.05, 3.63) is 0 Å². The molecule has 2 aliphatic rings. The van der Waals surface area contributed by atoms with Crippen LogP contribution in [0.25, 0.3) is 0 Å². The maximum absolute atomic E-state index is 12.3. The van der Waals surface area contributed by atoms with E-state index < -0.39 is 10.2 Å². The molecule has 7 heteroatoms. The minimum atomic E-state index is -3.37. The van der Waals surface area contributed by atoms with Gasteiger partial charge in [0.15, 0.2) is 0 Å². The van der Waals surface area contributed by atoms with Gasteiger partial charge in [0.05, 0.1) is 0 Å². The molecule has 17 heavy (non-hydrogen) atoms. The van der Waals surface area contributed by atoms with Crippen molar-refractivity contribution < 1.29 is 13.2 Å². The van der Waals surface area contributed by atoms with Crippen LogP contribution in [0.2, 0.25) is 0 Å². The Morgan fingerprint density at radius 3 is 2.00 bits per heavy atom. The van der Waals surface area contributed by atoms with Gasteiger partial charge in [0, 0.05) is 45.1 Å². The second-order valence-electron chi connectivity index (χ2n) is 4.68. The van der Waals surface area contributed by atoms with Gasteiger partial charge in [0.1, 0.15) is 5.78 Å². The summed E-state index contributed by atoms with van der Waals surface area (Å²) in [6.07, 6.45) is 2.11. The van der Waals surface area contributed by atoms with Gasteiger partial charge in [-0.05, 0) is 12.8 Å². The van der Waals surface area contributed by atoms with Crippen LogP contribution in [0.4, 0.5) is 0 Å². The number of piperidine rings is 2. The van der Waals surface area contributed by atoms with Gasteiger partial charge >= 0.3 is 0 Å². The minimum absolute atomic E-state index is 0.115. The van der Waals surface area contributed by atoms with Crippen LogP contribution >= 0.6 is 0 Å². The molecule has 0 aromatic heterocycles. The van der Waals surface area contributed by atoms with E-state index in [0.717, 1.165) is 0 Å². The van der Waals surface area contributed by atoms with Crippen LogP contribution in [0, 0.1) is 0 Å². The summed E-state index contributed by atoms with van der Waals surface area (Å²) < 4.78 is 27.4. The Kier molecular flexibility index (Phi) is 3.82. The van der Waals surface area contributed by atoms with Crippen LogP contribution in [-0.4, -0.2) is 55.0 Å². The predicted octanol–water partition coefficient (Wildman–Crippen LogP) is -0.681. The van der Waals surface area contributed by atoms with Crippen LogP contribution < -0.4 is 5.73 Å². The molecule has 0 radical (unpaired) electrons. The lowest BCUT2D eigenvalue weighted by molar-refractivity contribution is -0.120. The zero-order valence-corrected chi connectivity index (χ0v) is 10.7. The summed E-state index contributed by atoms with van der Waals surface area (Å²) in [5, 5.41) is 0. The molecule has 0 aliphatic carbocycles. The number of hydrogen-bond donors (Lipinski definition) is 1. The maximum atomic E-state index is 12.3. The molecule has 2 aliphatic heterocycles. The predicted molar refractivity (Wildman–Crippen MR) is 63.5 cm³/mol. The molecule has 0 aromatic rings. The van der Waals surface area contributed by atoms with Crippen LogP contribution in [-0.2, 0) is 15.0 Å². The van der Waals surface area contributed by atoms with Gasteiger partial charge in [-0.25, -0.2) is 0 Å². The van der Waals surface area contributed by atoms with Gasteiger partial charge in [-0.3, -0.25) is 4.79 Å². The van der Waals surface area contributed by atoms with Gasteiger partial charge in [0.25, 0.3) is 10.2 Å². The molecule has 2 N–H and O–H groups in total. The van der Waals surface area contributed by atoms with Crippen molar-refractivity contribution in [3.8, 4) is 0 Å². The second kappa shape index (κ2) is 5.01. The normalized spacial score (nSPS) is 26.3. The van der Waals surface area contributed by atoms with E-state index in [1.54, 1.807) is 0 Å². The molecule has 2 saturated heterocycles. The number of carbonyl (C=O) groups excluding carboxylic acids is 1. The fourth-order valence-corrected chi connectivity index (χ4v) is 3.88. The van der Waals surface area contributed by atoms with E-state index in [1.165, 1.54) is 8.61 Å². The largest absolute Gasteiger partial charge is 0.328 e. The number of nitrogens with zero attached hydrogens (tertiary/aromatic N) is 2. The smallest absolute Gasteiger partial charge is 0.281 e. The molecule has 0 spiro atoms. The Labute approximate surface area is 102 Å². The molecule has 2 fully saturated rings. The summed E-state index contributed by atoms with van der Waals surface area (Å²) in [5.41, 5.74) is 5.76. The molecule has 2 rings (SSSR count). The fraction of sp³-hybridized carbons (Fsp3) is 0.900. The first kappa shape index (κ1) is 12.9. The van der Waals surface area contributed by atoms with E-state index in [-0.39, 0.29) is 11.8 Å². The third-order valence-corrected chi connectivity index (χ3v) is 5.47. The molecule has 0 aromatic carbocycles. The zero-order chi connectivity index (χ0) is 12.5. The summed E-state index contributed by atoms with van der Waals surface area (Å²) in [4.78, 5) is 11.1. The Bertz CT molecular complexity index is 378. The Morgan fingerprint density at radius 2 is 1.47 bits per heavy atom. The highest BCUT2D eigenvalue weighted by molar-refractivity contribution is 7.86. The average Bonchev–Trinajstić information content (AvgIpc) is 2.30. The number of Topliss-reactive ketones (excluding diaryl/α,β-unsaturated/α-hetero) is 1. The molecule has 2 heterocycles. The first-order chi connectivity index (χ1) is 8.00. The van der Waals surface area contributed by atoms with E-state index in [9.17, 15) is 13.2 Å². The summed E-state index contributed by atoms with van der Waals surface area (Å²) in [6, 6.07) is 0.115. The van der Waals surface area contributed by atoms with Crippen molar-refractivity contribution in [2.24, 2.45) is 5.73 Å². The molecule has 98 valence electrons. The quantitative estimate of drug-likeness (QED) is 0.714. The topological polar surface area (TPSA) is 83.7 Å². The molecular formula is C10H19N3O3S. The molecular weight excluding hydrogens is 242 g/mol. The highest BCUT2D eigenvalue weighted by Crippen LogP contribution is 2.18. The van der Waals surface area contributed by atoms with Crippen molar-refractivity contribution in [2.75, 3.05) is 26.2 Å². The molecule has 0 unspecified atom stereocenters.